The van der Waals surface area contributed by atoms with Gasteiger partial charge in [0.05, 0.1) is 17.4 Å². The number of carbonyl (C=O) groups excluding carboxylic acids is 1. The number of nitrogens with one attached hydrogen (secondary N) is 1. The van der Waals surface area contributed by atoms with E-state index in [0.717, 1.165) is 56.2 Å². The van der Waals surface area contributed by atoms with Crippen LogP contribution in [0.25, 0.3) is 0 Å². The van der Waals surface area contributed by atoms with E-state index in [9.17, 15) is 4.79 Å². The van der Waals surface area contributed by atoms with E-state index < -0.39 is 0 Å². The predicted molar refractivity (Wildman–Crippen MR) is 117 cm³/mol. The van der Waals surface area contributed by atoms with E-state index >= 15 is 0 Å². The van der Waals surface area contributed by atoms with Crippen LogP contribution in [0.2, 0.25) is 0 Å². The Morgan fingerprint density at radius 1 is 1.11 bits per heavy atom. The van der Waals surface area contributed by atoms with E-state index in [0.29, 0.717) is 5.56 Å². The minimum absolute atomic E-state index is 0.123. The fourth-order valence-corrected chi connectivity index (χ4v) is 3.56. The van der Waals surface area contributed by atoms with Crippen molar-refractivity contribution in [1.29, 1.82) is 0 Å². The molecule has 2 aromatic rings. The quantitative estimate of drug-likeness (QED) is 0.832. The number of likely N-dealkylation sites (N-methyl/N-ethyl adjacent to an activating group) is 1. The van der Waals surface area contributed by atoms with E-state index in [-0.39, 0.29) is 5.91 Å². The Balaban J connectivity index is 1.72. The normalized spacial score (nSPS) is 14.8. The molecular formula is C22H31N5O. The van der Waals surface area contributed by atoms with Crippen LogP contribution in [-0.4, -0.2) is 62.1 Å². The highest BCUT2D eigenvalue weighted by Gasteiger charge is 2.16. The summed E-state index contributed by atoms with van der Waals surface area (Å²) in [4.78, 5) is 24.0. The largest absolute Gasteiger partial charge is 0.372 e. The average Bonchev–Trinajstić information content (AvgIpc) is 2.71. The molecule has 0 bridgehead atoms. The molecule has 1 aliphatic rings. The van der Waals surface area contributed by atoms with Crippen LogP contribution in [0.15, 0.2) is 36.7 Å². The van der Waals surface area contributed by atoms with Crippen LogP contribution in [0.5, 0.6) is 0 Å². The van der Waals surface area contributed by atoms with Gasteiger partial charge >= 0.3 is 0 Å². The number of aromatic nitrogens is 1. The maximum atomic E-state index is 12.8. The van der Waals surface area contributed by atoms with Crippen LogP contribution >= 0.6 is 0 Å². The van der Waals surface area contributed by atoms with Crippen LogP contribution in [0.3, 0.4) is 0 Å². The highest BCUT2D eigenvalue weighted by molar-refractivity contribution is 6.05. The standard InChI is InChI=1S/C22H31N5O/c1-5-26(6-2)19-7-8-21(17(3)13-19)24-22(28)18-14-20(16-23-15-18)27-11-9-25(4)10-12-27/h7-8,13-16H,5-6,9-12H2,1-4H3,(H,24,28). The number of amides is 1. The fourth-order valence-electron chi connectivity index (χ4n) is 3.56. The van der Waals surface area contributed by atoms with Gasteiger partial charge in [0.1, 0.15) is 0 Å². The molecule has 0 atom stereocenters. The summed E-state index contributed by atoms with van der Waals surface area (Å²) in [6.45, 7) is 12.2. The van der Waals surface area contributed by atoms with Crippen LogP contribution in [0, 0.1) is 6.92 Å². The van der Waals surface area contributed by atoms with Crippen molar-refractivity contribution in [2.75, 3.05) is 61.4 Å². The summed E-state index contributed by atoms with van der Waals surface area (Å²) in [5, 5.41) is 3.04. The number of carbonyl (C=O) groups is 1. The van der Waals surface area contributed by atoms with Gasteiger partial charge in [-0.1, -0.05) is 0 Å². The Kier molecular flexibility index (Phi) is 6.52. The summed E-state index contributed by atoms with van der Waals surface area (Å²) in [5.74, 6) is -0.123. The molecule has 0 spiro atoms. The second-order valence-electron chi connectivity index (χ2n) is 7.35. The topological polar surface area (TPSA) is 51.7 Å². The van der Waals surface area contributed by atoms with Gasteiger partial charge in [-0.05, 0) is 57.6 Å². The summed E-state index contributed by atoms with van der Waals surface area (Å²) in [7, 11) is 2.13. The predicted octanol–water partition coefficient (Wildman–Crippen LogP) is 3.24. The van der Waals surface area contributed by atoms with Crippen molar-refractivity contribution in [3.8, 4) is 0 Å². The first kappa shape index (κ1) is 20.1. The molecule has 0 radical (unpaired) electrons. The van der Waals surface area contributed by atoms with Crippen molar-refractivity contribution in [2.45, 2.75) is 20.8 Å². The van der Waals surface area contributed by atoms with Gasteiger partial charge in [-0.15, -0.1) is 0 Å². The highest BCUT2D eigenvalue weighted by atomic mass is 16.1. The number of hydrogen-bond donors (Lipinski definition) is 1. The van der Waals surface area contributed by atoms with E-state index in [1.807, 2.05) is 25.3 Å². The third-order valence-electron chi connectivity index (χ3n) is 5.44. The van der Waals surface area contributed by atoms with Gasteiger partial charge in [-0.25, -0.2) is 0 Å². The van der Waals surface area contributed by atoms with E-state index in [1.54, 1.807) is 6.20 Å². The minimum Gasteiger partial charge on any atom is -0.372 e. The molecule has 1 saturated heterocycles. The smallest absolute Gasteiger partial charge is 0.257 e. The zero-order chi connectivity index (χ0) is 20.1. The van der Waals surface area contributed by atoms with Crippen LogP contribution in [0.1, 0.15) is 29.8 Å². The lowest BCUT2D eigenvalue weighted by molar-refractivity contribution is 0.102. The Bertz CT molecular complexity index is 810. The molecule has 6 nitrogen and oxygen atoms in total. The Morgan fingerprint density at radius 3 is 2.46 bits per heavy atom. The van der Waals surface area contributed by atoms with E-state index in [1.165, 1.54) is 5.69 Å². The molecule has 3 rings (SSSR count). The average molecular weight is 382 g/mol. The third kappa shape index (κ3) is 4.62. The van der Waals surface area contributed by atoms with Gasteiger partial charge in [0.25, 0.3) is 5.91 Å². The lowest BCUT2D eigenvalue weighted by atomic mass is 10.1. The molecule has 0 unspecified atom stereocenters. The van der Waals surface area contributed by atoms with Crippen molar-refractivity contribution in [3.63, 3.8) is 0 Å². The zero-order valence-electron chi connectivity index (χ0n) is 17.4. The molecular weight excluding hydrogens is 350 g/mol. The molecule has 1 amide bonds. The lowest BCUT2D eigenvalue weighted by Gasteiger charge is -2.33. The van der Waals surface area contributed by atoms with Crippen molar-refractivity contribution >= 4 is 23.0 Å². The number of benzene rings is 1. The highest BCUT2D eigenvalue weighted by Crippen LogP contribution is 2.24. The third-order valence-corrected chi connectivity index (χ3v) is 5.44. The maximum Gasteiger partial charge on any atom is 0.257 e. The summed E-state index contributed by atoms with van der Waals surface area (Å²) < 4.78 is 0. The molecule has 0 aliphatic carbocycles. The number of piperazine rings is 1. The number of aryl methyl sites for hydroxylation is 1. The Morgan fingerprint density at radius 2 is 1.82 bits per heavy atom. The van der Waals surface area contributed by atoms with Gasteiger partial charge < -0.3 is 20.0 Å². The minimum atomic E-state index is -0.123. The van der Waals surface area contributed by atoms with Gasteiger partial charge in [0, 0.05) is 56.8 Å². The monoisotopic (exact) mass is 381 g/mol. The van der Waals surface area contributed by atoms with Gasteiger partial charge in [-0.2, -0.15) is 0 Å². The second-order valence-corrected chi connectivity index (χ2v) is 7.35. The number of rotatable bonds is 6. The SMILES string of the molecule is CCN(CC)c1ccc(NC(=O)c2cncc(N3CCN(C)CC3)c2)c(C)c1. The Labute approximate surface area is 168 Å². The van der Waals surface area contributed by atoms with Crippen LogP contribution in [0.4, 0.5) is 17.1 Å². The molecule has 150 valence electrons. The number of hydrogen-bond acceptors (Lipinski definition) is 5. The molecule has 2 heterocycles. The van der Waals surface area contributed by atoms with E-state index in [2.05, 4.69) is 58.0 Å². The van der Waals surface area contributed by atoms with Crippen LogP contribution in [-0.2, 0) is 0 Å². The lowest BCUT2D eigenvalue weighted by Crippen LogP contribution is -2.44. The number of nitrogens with zero attached hydrogens (tertiary/aromatic N) is 4. The van der Waals surface area contributed by atoms with Gasteiger partial charge in [-0.3, -0.25) is 9.78 Å². The summed E-state index contributed by atoms with van der Waals surface area (Å²) in [5.41, 5.74) is 4.67. The van der Waals surface area contributed by atoms with Crippen molar-refractivity contribution in [3.05, 3.63) is 47.8 Å². The summed E-state index contributed by atoms with van der Waals surface area (Å²) >= 11 is 0. The second kappa shape index (κ2) is 9.06. The first-order valence-corrected chi connectivity index (χ1v) is 10.1. The van der Waals surface area contributed by atoms with Crippen molar-refractivity contribution in [1.82, 2.24) is 9.88 Å². The molecule has 1 aliphatic heterocycles. The molecule has 6 heteroatoms. The van der Waals surface area contributed by atoms with Crippen molar-refractivity contribution in [2.24, 2.45) is 0 Å². The van der Waals surface area contributed by atoms with Crippen LogP contribution < -0.4 is 15.1 Å². The molecule has 0 saturated carbocycles. The number of pyridine rings is 1. The molecule has 1 fully saturated rings. The zero-order valence-corrected chi connectivity index (χ0v) is 17.4. The molecule has 1 aromatic carbocycles. The fraction of sp³-hybridized carbons (Fsp3) is 0.455. The maximum absolute atomic E-state index is 12.8. The molecule has 28 heavy (non-hydrogen) atoms. The first-order chi connectivity index (χ1) is 13.5. The summed E-state index contributed by atoms with van der Waals surface area (Å²) in [6, 6.07) is 8.11. The molecule has 1 aromatic heterocycles. The van der Waals surface area contributed by atoms with E-state index in [4.69, 9.17) is 0 Å². The number of anilines is 3. The first-order valence-electron chi connectivity index (χ1n) is 10.1. The Hall–Kier alpha value is -2.60. The van der Waals surface area contributed by atoms with Gasteiger partial charge in [0.15, 0.2) is 0 Å². The molecule has 1 N–H and O–H groups in total. The van der Waals surface area contributed by atoms with Gasteiger partial charge in [0.2, 0.25) is 0 Å². The van der Waals surface area contributed by atoms with Crippen molar-refractivity contribution < 1.29 is 4.79 Å². The summed E-state index contributed by atoms with van der Waals surface area (Å²) in [6.07, 6.45) is 3.47.